The number of piperidine rings is 1. The number of nitrogens with zero attached hydrogens (tertiary/aromatic N) is 1. The zero-order chi connectivity index (χ0) is 21.4. The molecule has 0 aliphatic carbocycles. The van der Waals surface area contributed by atoms with Gasteiger partial charge in [-0.2, -0.15) is 4.31 Å². The summed E-state index contributed by atoms with van der Waals surface area (Å²) in [4.78, 5) is 0.134. The number of aliphatic hydroxyl groups excluding tert-OH is 1. The molecule has 5 heteroatoms. The lowest BCUT2D eigenvalue weighted by molar-refractivity contribution is 0.0734. The van der Waals surface area contributed by atoms with E-state index in [4.69, 9.17) is 1.37 Å². The van der Waals surface area contributed by atoms with Gasteiger partial charge in [0.05, 0.1) is 11.0 Å². The van der Waals surface area contributed by atoms with Crippen LogP contribution in [0.4, 0.5) is 0 Å². The van der Waals surface area contributed by atoms with Gasteiger partial charge in [0.2, 0.25) is 10.0 Å². The Hall–Kier alpha value is -2.47. The summed E-state index contributed by atoms with van der Waals surface area (Å²) < 4.78 is 36.6. The summed E-state index contributed by atoms with van der Waals surface area (Å²) in [7, 11) is -3.96. The number of β-amino-alcohol motifs (C(OH)–C–C–N with tert-alkyl or cyclic N) is 1. The molecular formula is C24H25NO3S. The molecule has 0 spiro atoms. The molecule has 3 aromatic rings. The van der Waals surface area contributed by atoms with Gasteiger partial charge in [-0.1, -0.05) is 78.4 Å². The Morgan fingerprint density at radius 3 is 1.97 bits per heavy atom. The molecule has 0 unspecified atom stereocenters. The van der Waals surface area contributed by atoms with Crippen LogP contribution < -0.4 is 0 Å². The van der Waals surface area contributed by atoms with Crippen molar-refractivity contribution in [1.29, 1.82) is 0 Å². The van der Waals surface area contributed by atoms with Crippen LogP contribution in [0.15, 0.2) is 89.8 Å². The minimum absolute atomic E-state index is 0.0858. The number of hydrogen-bond acceptors (Lipinski definition) is 3. The van der Waals surface area contributed by atoms with E-state index in [9.17, 15) is 13.5 Å². The molecule has 0 radical (unpaired) electrons. The van der Waals surface area contributed by atoms with Gasteiger partial charge in [0.25, 0.3) is 0 Å². The lowest BCUT2D eigenvalue weighted by atomic mass is 9.69. The third kappa shape index (κ3) is 3.73. The molecule has 1 saturated heterocycles. The van der Waals surface area contributed by atoms with Crippen molar-refractivity contribution in [2.24, 2.45) is 0 Å². The summed E-state index contributed by atoms with van der Waals surface area (Å²) in [6, 6.07) is 25.9. The number of benzene rings is 3. The molecule has 3 aromatic carbocycles. The third-order valence-electron chi connectivity index (χ3n) is 5.60. The Bertz CT molecular complexity index is 1060. The summed E-state index contributed by atoms with van der Waals surface area (Å²) in [6.45, 7) is 0.712. The van der Waals surface area contributed by atoms with E-state index in [1.165, 1.54) is 0 Å². The second kappa shape index (κ2) is 7.75. The van der Waals surface area contributed by atoms with E-state index in [1.54, 1.807) is 24.3 Å². The van der Waals surface area contributed by atoms with Crippen LogP contribution in [0.5, 0.6) is 0 Å². The van der Waals surface area contributed by atoms with Gasteiger partial charge in [0.1, 0.15) is 0 Å². The Kier molecular flexibility index (Phi) is 4.96. The minimum Gasteiger partial charge on any atom is -0.392 e. The summed E-state index contributed by atoms with van der Waals surface area (Å²) in [6.07, 6.45) is -0.853. The van der Waals surface area contributed by atoms with Crippen LogP contribution in [0.2, 0.25) is 0 Å². The predicted molar refractivity (Wildman–Crippen MR) is 114 cm³/mol. The Balaban J connectivity index is 1.86. The van der Waals surface area contributed by atoms with Gasteiger partial charge in [0, 0.05) is 19.9 Å². The minimum atomic E-state index is -3.96. The topological polar surface area (TPSA) is 57.6 Å². The Morgan fingerprint density at radius 2 is 1.45 bits per heavy atom. The molecule has 2 atom stereocenters. The van der Waals surface area contributed by atoms with Crippen molar-refractivity contribution in [1.82, 2.24) is 4.31 Å². The van der Waals surface area contributed by atoms with Crippen molar-refractivity contribution < 1.29 is 14.9 Å². The van der Waals surface area contributed by atoms with Gasteiger partial charge in [-0.05, 0) is 36.6 Å². The fourth-order valence-corrected chi connectivity index (χ4v) is 5.54. The number of sulfonamides is 1. The number of aryl methyl sites for hydroxylation is 1. The highest BCUT2D eigenvalue weighted by Crippen LogP contribution is 2.41. The fraction of sp³-hybridized carbons (Fsp3) is 0.250. The van der Waals surface area contributed by atoms with Crippen LogP contribution in [0.25, 0.3) is 0 Å². The highest BCUT2D eigenvalue weighted by Gasteiger charge is 2.45. The van der Waals surface area contributed by atoms with Crippen LogP contribution in [0, 0.1) is 6.92 Å². The SMILES string of the molecule is [2H][C@@H]1[C@@H](O)CC(c2ccccc2)(c2ccccc2)CN1S(=O)(=O)c1ccc(C)cc1. The molecule has 29 heavy (non-hydrogen) atoms. The zero-order valence-corrected chi connectivity index (χ0v) is 17.1. The van der Waals surface area contributed by atoms with E-state index in [1.807, 2.05) is 67.6 Å². The fourth-order valence-electron chi connectivity index (χ4n) is 4.09. The van der Waals surface area contributed by atoms with E-state index in [0.29, 0.717) is 0 Å². The van der Waals surface area contributed by atoms with Crippen LogP contribution in [-0.4, -0.2) is 37.0 Å². The summed E-state index contributed by atoms with van der Waals surface area (Å²) >= 11 is 0. The number of aliphatic hydroxyl groups is 1. The van der Waals surface area contributed by atoms with Gasteiger partial charge in [-0.3, -0.25) is 0 Å². The molecule has 0 saturated carbocycles. The molecule has 1 fully saturated rings. The molecule has 1 aliphatic rings. The third-order valence-corrected chi connectivity index (χ3v) is 7.34. The standard InChI is InChI=1S/C24H25NO3S/c1-19-12-14-23(15-13-19)29(27,28)25-17-22(26)16-24(18-25,20-8-4-2-5-9-20)21-10-6-3-7-11-21/h2-15,22,26H,16-18H2,1H3/t22-/m0/s1/i17D/t17-,22+/m1. The van der Waals surface area contributed by atoms with Crippen LogP contribution in [-0.2, 0) is 15.4 Å². The van der Waals surface area contributed by atoms with Crippen LogP contribution in [0.1, 0.15) is 24.5 Å². The van der Waals surface area contributed by atoms with Gasteiger partial charge in [-0.15, -0.1) is 0 Å². The first-order chi connectivity index (χ1) is 14.3. The molecular weight excluding hydrogens is 382 g/mol. The van der Waals surface area contributed by atoms with E-state index >= 15 is 0 Å². The van der Waals surface area contributed by atoms with Gasteiger partial charge >= 0.3 is 0 Å². The van der Waals surface area contributed by atoms with Crippen molar-refractivity contribution in [3.63, 3.8) is 0 Å². The van der Waals surface area contributed by atoms with Gasteiger partial charge < -0.3 is 5.11 Å². The lowest BCUT2D eigenvalue weighted by Crippen LogP contribution is -2.54. The highest BCUT2D eigenvalue weighted by atomic mass is 32.2. The maximum Gasteiger partial charge on any atom is 0.243 e. The molecule has 0 bridgehead atoms. The van der Waals surface area contributed by atoms with E-state index in [2.05, 4.69) is 0 Å². The molecule has 4 nitrogen and oxygen atoms in total. The monoisotopic (exact) mass is 408 g/mol. The maximum absolute atomic E-state index is 13.5. The highest BCUT2D eigenvalue weighted by molar-refractivity contribution is 7.89. The molecule has 0 aromatic heterocycles. The first-order valence-corrected chi connectivity index (χ1v) is 11.1. The average molecular weight is 409 g/mol. The van der Waals surface area contributed by atoms with Crippen molar-refractivity contribution in [2.75, 3.05) is 13.1 Å². The smallest absolute Gasteiger partial charge is 0.243 e. The zero-order valence-electron chi connectivity index (χ0n) is 17.3. The maximum atomic E-state index is 13.5. The largest absolute Gasteiger partial charge is 0.392 e. The predicted octanol–water partition coefficient (Wildman–Crippen LogP) is 3.74. The molecule has 0 amide bonds. The van der Waals surface area contributed by atoms with E-state index < -0.39 is 28.1 Å². The van der Waals surface area contributed by atoms with E-state index in [-0.39, 0.29) is 17.9 Å². The molecule has 4 rings (SSSR count). The first kappa shape index (κ1) is 18.6. The van der Waals surface area contributed by atoms with Crippen LogP contribution in [0.3, 0.4) is 0 Å². The Labute approximate surface area is 173 Å². The summed E-state index contributed by atoms with van der Waals surface area (Å²) in [5, 5.41) is 10.9. The van der Waals surface area contributed by atoms with Crippen molar-refractivity contribution in [3.05, 3.63) is 102 Å². The average Bonchev–Trinajstić information content (AvgIpc) is 2.77. The van der Waals surface area contributed by atoms with Crippen molar-refractivity contribution in [2.45, 2.75) is 29.8 Å². The van der Waals surface area contributed by atoms with E-state index in [0.717, 1.165) is 21.0 Å². The van der Waals surface area contributed by atoms with Crippen molar-refractivity contribution >= 4 is 10.0 Å². The van der Waals surface area contributed by atoms with Gasteiger partial charge in [-0.25, -0.2) is 8.42 Å². The normalized spacial score (nSPS) is 22.8. The number of rotatable bonds is 4. The molecule has 1 N–H and O–H groups in total. The first-order valence-electron chi connectivity index (χ1n) is 10.2. The summed E-state index contributed by atoms with van der Waals surface area (Å²) in [5.41, 5.74) is 2.05. The second-order valence-corrected chi connectivity index (χ2v) is 9.49. The lowest BCUT2D eigenvalue weighted by Gasteiger charge is -2.45. The van der Waals surface area contributed by atoms with Crippen LogP contribution >= 0.6 is 0 Å². The Morgan fingerprint density at radius 1 is 0.931 bits per heavy atom. The number of hydrogen-bond donors (Lipinski definition) is 1. The molecule has 1 heterocycles. The molecule has 1 aliphatic heterocycles. The second-order valence-electron chi connectivity index (χ2n) is 7.60. The molecule has 150 valence electrons. The quantitative estimate of drug-likeness (QED) is 0.716. The van der Waals surface area contributed by atoms with Crippen molar-refractivity contribution in [3.8, 4) is 0 Å². The summed E-state index contributed by atoms with van der Waals surface area (Å²) in [5.74, 6) is 0. The van der Waals surface area contributed by atoms with Gasteiger partial charge in [0.15, 0.2) is 0 Å².